The highest BCUT2D eigenvalue weighted by Gasteiger charge is 2.31. The van der Waals surface area contributed by atoms with Crippen molar-refractivity contribution in [3.63, 3.8) is 0 Å². The van der Waals surface area contributed by atoms with Gasteiger partial charge in [0.2, 0.25) is 0 Å². The average molecular weight is 348 g/mol. The zero-order valence-electron chi connectivity index (χ0n) is 15.8. The van der Waals surface area contributed by atoms with E-state index in [9.17, 15) is 14.4 Å². The van der Waals surface area contributed by atoms with Crippen LogP contribution in [0.4, 0.5) is 0 Å². The number of Topliss-reactive ketones (excluding diaryl/α,β-unsaturated/α-hetero) is 1. The van der Waals surface area contributed by atoms with Gasteiger partial charge in [-0.05, 0) is 42.9 Å². The highest BCUT2D eigenvalue weighted by molar-refractivity contribution is 6.00. The number of ether oxygens (including phenoxy) is 2. The number of hydrogen-bond donors (Lipinski definition) is 0. The largest absolute Gasteiger partial charge is 0.465 e. The minimum absolute atomic E-state index is 0.0449. The average Bonchev–Trinajstić information content (AvgIpc) is 3.00. The van der Waals surface area contributed by atoms with Gasteiger partial charge in [0.05, 0.1) is 19.3 Å². The fraction of sp³-hybridized carbons (Fsp3) is 0.550. The molecule has 1 aliphatic rings. The van der Waals surface area contributed by atoms with Gasteiger partial charge >= 0.3 is 11.9 Å². The van der Waals surface area contributed by atoms with Crippen LogP contribution in [-0.2, 0) is 24.5 Å². The maximum Gasteiger partial charge on any atom is 0.337 e. The third kappa shape index (κ3) is 6.33. The van der Waals surface area contributed by atoms with E-state index < -0.39 is 5.92 Å². The number of hydrogen-bond acceptors (Lipinski definition) is 5. The van der Waals surface area contributed by atoms with Crippen LogP contribution in [0.1, 0.15) is 62.9 Å². The number of benzene rings is 1. The number of ketones is 1. The summed E-state index contributed by atoms with van der Waals surface area (Å²) in [6.07, 6.45) is 2.06. The molecule has 25 heavy (non-hydrogen) atoms. The van der Waals surface area contributed by atoms with Crippen molar-refractivity contribution in [2.45, 2.75) is 52.4 Å². The maximum absolute atomic E-state index is 11.2. The normalized spacial score (nSPS) is 16.7. The Labute approximate surface area is 149 Å². The summed E-state index contributed by atoms with van der Waals surface area (Å²) in [5.74, 6) is -1.03. The molecule has 0 amide bonds. The lowest BCUT2D eigenvalue weighted by atomic mass is 9.87. The first kappa shape index (κ1) is 20.9. The van der Waals surface area contributed by atoms with Crippen molar-refractivity contribution in [1.82, 2.24) is 0 Å². The van der Waals surface area contributed by atoms with Crippen LogP contribution in [0.2, 0.25) is 0 Å². The van der Waals surface area contributed by atoms with Crippen LogP contribution in [0, 0.1) is 5.92 Å². The molecule has 0 bridgehead atoms. The van der Waals surface area contributed by atoms with Gasteiger partial charge in [0.25, 0.3) is 0 Å². The molecule has 1 aromatic rings. The molecule has 5 nitrogen and oxygen atoms in total. The quantitative estimate of drug-likeness (QED) is 0.615. The van der Waals surface area contributed by atoms with Gasteiger partial charge < -0.3 is 9.47 Å². The summed E-state index contributed by atoms with van der Waals surface area (Å²) >= 11 is 0. The molecule has 0 aromatic heterocycles. The molecule has 138 valence electrons. The Morgan fingerprint density at radius 3 is 2.16 bits per heavy atom. The highest BCUT2D eigenvalue weighted by Crippen LogP contribution is 2.23. The van der Waals surface area contributed by atoms with Crippen molar-refractivity contribution in [3.8, 4) is 0 Å². The van der Waals surface area contributed by atoms with E-state index in [2.05, 4.69) is 25.5 Å². The molecule has 0 radical (unpaired) electrons. The van der Waals surface area contributed by atoms with Crippen LogP contribution < -0.4 is 0 Å². The molecule has 1 aliphatic carbocycles. The first-order chi connectivity index (χ1) is 11.7. The van der Waals surface area contributed by atoms with E-state index >= 15 is 0 Å². The summed E-state index contributed by atoms with van der Waals surface area (Å²) in [5.41, 5.74) is 1.93. The summed E-state index contributed by atoms with van der Waals surface area (Å²) in [6.45, 7) is 8.53. The molecule has 5 heteroatoms. The second-order valence-corrected chi connectivity index (χ2v) is 6.98. The maximum atomic E-state index is 11.2. The lowest BCUT2D eigenvalue weighted by Gasteiger charge is -2.18. The van der Waals surface area contributed by atoms with E-state index in [1.54, 1.807) is 19.1 Å². The van der Waals surface area contributed by atoms with Gasteiger partial charge in [0, 0.05) is 6.42 Å². The number of carbonyl (C=O) groups excluding carboxylic acids is 3. The SMILES string of the molecule is CCOC(=O)C1CCCC1=O.COC(=O)c1ccc(C(C)(C)C)cc1. The molecular weight excluding hydrogens is 320 g/mol. The smallest absolute Gasteiger partial charge is 0.337 e. The third-order valence-electron chi connectivity index (χ3n) is 4.05. The van der Waals surface area contributed by atoms with Gasteiger partial charge in [-0.1, -0.05) is 32.9 Å². The van der Waals surface area contributed by atoms with Crippen LogP contribution in [0.3, 0.4) is 0 Å². The summed E-state index contributed by atoms with van der Waals surface area (Å²) in [5, 5.41) is 0. The van der Waals surface area contributed by atoms with Crippen molar-refractivity contribution in [2.24, 2.45) is 5.92 Å². The fourth-order valence-electron chi connectivity index (χ4n) is 2.53. The van der Waals surface area contributed by atoms with Gasteiger partial charge in [-0.25, -0.2) is 4.79 Å². The Hall–Kier alpha value is -2.17. The molecule has 1 saturated carbocycles. The van der Waals surface area contributed by atoms with Crippen LogP contribution in [0.5, 0.6) is 0 Å². The third-order valence-corrected chi connectivity index (χ3v) is 4.05. The number of esters is 2. The topological polar surface area (TPSA) is 69.7 Å². The van der Waals surface area contributed by atoms with E-state index in [1.165, 1.54) is 12.7 Å². The van der Waals surface area contributed by atoms with Crippen molar-refractivity contribution < 1.29 is 23.9 Å². The molecule has 1 atom stereocenters. The molecule has 0 spiro atoms. The monoisotopic (exact) mass is 348 g/mol. The Kier molecular flexibility index (Phi) is 7.81. The van der Waals surface area contributed by atoms with Gasteiger partial charge in [-0.3, -0.25) is 9.59 Å². The van der Waals surface area contributed by atoms with Crippen LogP contribution in [0.15, 0.2) is 24.3 Å². The number of methoxy groups -OCH3 is 1. The molecule has 0 aliphatic heterocycles. The molecule has 0 heterocycles. The van der Waals surface area contributed by atoms with Gasteiger partial charge in [-0.15, -0.1) is 0 Å². The van der Waals surface area contributed by atoms with Crippen molar-refractivity contribution in [1.29, 1.82) is 0 Å². The van der Waals surface area contributed by atoms with E-state index in [0.29, 0.717) is 25.0 Å². The highest BCUT2D eigenvalue weighted by atomic mass is 16.5. The second-order valence-electron chi connectivity index (χ2n) is 6.98. The second kappa shape index (κ2) is 9.35. The Morgan fingerprint density at radius 2 is 1.76 bits per heavy atom. The Balaban J connectivity index is 0.000000257. The zero-order chi connectivity index (χ0) is 19.0. The fourth-order valence-corrected chi connectivity index (χ4v) is 2.53. The summed E-state index contributed by atoms with van der Waals surface area (Å²) < 4.78 is 9.36. The van der Waals surface area contributed by atoms with E-state index in [1.807, 2.05) is 12.1 Å². The van der Waals surface area contributed by atoms with E-state index in [-0.39, 0.29) is 23.1 Å². The van der Waals surface area contributed by atoms with E-state index in [4.69, 9.17) is 4.74 Å². The molecule has 1 aromatic carbocycles. The van der Waals surface area contributed by atoms with Crippen LogP contribution in [-0.4, -0.2) is 31.4 Å². The molecule has 2 rings (SSSR count). The minimum atomic E-state index is -0.449. The lowest BCUT2D eigenvalue weighted by Crippen LogP contribution is -2.21. The number of rotatable bonds is 3. The van der Waals surface area contributed by atoms with Crippen LogP contribution in [0.25, 0.3) is 0 Å². The molecule has 1 unspecified atom stereocenters. The van der Waals surface area contributed by atoms with Gasteiger partial charge in [0.1, 0.15) is 11.7 Å². The van der Waals surface area contributed by atoms with Gasteiger partial charge in [0.15, 0.2) is 0 Å². The van der Waals surface area contributed by atoms with Crippen molar-refractivity contribution in [2.75, 3.05) is 13.7 Å². The van der Waals surface area contributed by atoms with Crippen molar-refractivity contribution in [3.05, 3.63) is 35.4 Å². The lowest BCUT2D eigenvalue weighted by molar-refractivity contribution is -0.150. The van der Waals surface area contributed by atoms with Crippen molar-refractivity contribution >= 4 is 17.7 Å². The predicted octanol–water partition coefficient (Wildman–Crippen LogP) is 3.69. The number of carbonyl (C=O) groups is 3. The van der Waals surface area contributed by atoms with Gasteiger partial charge in [-0.2, -0.15) is 0 Å². The zero-order valence-corrected chi connectivity index (χ0v) is 15.8. The molecule has 0 N–H and O–H groups in total. The standard InChI is InChI=1S/C12H16O2.C8H12O3/c1-12(2,3)10-7-5-9(6-8-10)11(13)14-4;1-2-11-8(10)6-4-3-5-7(6)9/h5-8H,1-4H3;6H,2-5H2,1H3. The summed E-state index contributed by atoms with van der Waals surface area (Å²) in [6, 6.07) is 7.53. The van der Waals surface area contributed by atoms with E-state index in [0.717, 1.165) is 6.42 Å². The molecule has 0 saturated heterocycles. The Morgan fingerprint density at radius 1 is 1.16 bits per heavy atom. The molecule has 1 fully saturated rings. The first-order valence-electron chi connectivity index (χ1n) is 8.59. The predicted molar refractivity (Wildman–Crippen MR) is 95.5 cm³/mol. The first-order valence-corrected chi connectivity index (χ1v) is 8.59. The minimum Gasteiger partial charge on any atom is -0.465 e. The van der Waals surface area contributed by atoms with Crippen LogP contribution >= 0.6 is 0 Å². The molecular formula is C20H28O5. The summed E-state index contributed by atoms with van der Waals surface area (Å²) in [4.78, 5) is 33.2. The Bertz CT molecular complexity index is 596. The summed E-state index contributed by atoms with van der Waals surface area (Å²) in [7, 11) is 1.39.